The summed E-state index contributed by atoms with van der Waals surface area (Å²) in [6, 6.07) is 15.4. The predicted molar refractivity (Wildman–Crippen MR) is 101 cm³/mol. The normalized spacial score (nSPS) is 11.1. The molecule has 0 unspecified atom stereocenters. The van der Waals surface area contributed by atoms with Gasteiger partial charge in [-0.3, -0.25) is 4.79 Å². The van der Waals surface area contributed by atoms with Crippen LogP contribution in [0.4, 0.5) is 5.69 Å². The maximum absolute atomic E-state index is 12.1. The third-order valence-corrected chi connectivity index (χ3v) is 5.31. The zero-order valence-corrected chi connectivity index (χ0v) is 15.2. The van der Waals surface area contributed by atoms with Crippen molar-refractivity contribution in [3.05, 3.63) is 70.4 Å². The van der Waals surface area contributed by atoms with Gasteiger partial charge in [0.2, 0.25) is 10.0 Å². The van der Waals surface area contributed by atoms with E-state index in [2.05, 4.69) is 5.32 Å². The molecule has 0 amide bonds. The van der Waals surface area contributed by atoms with Gasteiger partial charge in [0, 0.05) is 17.0 Å². The largest absolute Gasteiger partial charge is 0.454 e. The van der Waals surface area contributed by atoms with Gasteiger partial charge in [0.1, 0.15) is 16.9 Å². The minimum atomic E-state index is -4.10. The van der Waals surface area contributed by atoms with Gasteiger partial charge in [-0.15, -0.1) is 11.3 Å². The maximum Gasteiger partial charge on any atom is 0.241 e. The fourth-order valence-electron chi connectivity index (χ4n) is 2.34. The second-order valence-corrected chi connectivity index (χ2v) is 7.97. The van der Waals surface area contributed by atoms with Crippen molar-refractivity contribution < 1.29 is 17.9 Å². The highest BCUT2D eigenvalue weighted by atomic mass is 32.2. The van der Waals surface area contributed by atoms with E-state index in [0.717, 1.165) is 4.88 Å². The van der Waals surface area contributed by atoms with Gasteiger partial charge in [-0.1, -0.05) is 24.3 Å². The van der Waals surface area contributed by atoms with Crippen molar-refractivity contribution in [1.82, 2.24) is 0 Å². The number of primary sulfonamides is 1. The van der Waals surface area contributed by atoms with Gasteiger partial charge in [0.25, 0.3) is 0 Å². The molecular formula is C18H16N2O4S2. The molecule has 0 atom stereocenters. The molecule has 2 aromatic carbocycles. The molecule has 0 aliphatic heterocycles. The van der Waals surface area contributed by atoms with E-state index in [1.54, 1.807) is 35.6 Å². The smallest absolute Gasteiger partial charge is 0.241 e. The van der Waals surface area contributed by atoms with Crippen molar-refractivity contribution in [1.29, 1.82) is 0 Å². The molecular weight excluding hydrogens is 372 g/mol. The molecule has 0 aliphatic carbocycles. The Morgan fingerprint density at radius 1 is 1.12 bits per heavy atom. The number of nitrogens with one attached hydrogen (secondary N) is 1. The lowest BCUT2D eigenvalue weighted by Crippen LogP contribution is -2.15. The molecule has 1 aromatic heterocycles. The molecule has 0 radical (unpaired) electrons. The van der Waals surface area contributed by atoms with E-state index < -0.39 is 10.0 Å². The highest BCUT2D eigenvalue weighted by Crippen LogP contribution is 2.37. The molecule has 26 heavy (non-hydrogen) atoms. The van der Waals surface area contributed by atoms with Gasteiger partial charge in [0.15, 0.2) is 5.75 Å². The average Bonchev–Trinajstić information content (AvgIpc) is 3.14. The topological polar surface area (TPSA) is 98.5 Å². The van der Waals surface area contributed by atoms with Gasteiger partial charge in [0.05, 0.1) is 5.69 Å². The van der Waals surface area contributed by atoms with Crippen molar-refractivity contribution >= 4 is 33.3 Å². The number of rotatable bonds is 7. The number of hydrogen-bond acceptors (Lipinski definition) is 6. The van der Waals surface area contributed by atoms with E-state index in [1.165, 1.54) is 12.1 Å². The van der Waals surface area contributed by atoms with E-state index in [0.29, 0.717) is 24.3 Å². The van der Waals surface area contributed by atoms with Crippen molar-refractivity contribution in [2.24, 2.45) is 5.14 Å². The van der Waals surface area contributed by atoms with Crippen LogP contribution in [0.15, 0.2) is 64.9 Å². The molecule has 8 heteroatoms. The number of carbonyl (C=O) groups excluding carboxylic acids is 1. The number of nitrogens with two attached hydrogens (primary N) is 1. The maximum atomic E-state index is 12.1. The van der Waals surface area contributed by atoms with Crippen LogP contribution in [0, 0.1) is 0 Å². The lowest BCUT2D eigenvalue weighted by Gasteiger charge is -2.16. The molecule has 0 aliphatic rings. The highest BCUT2D eigenvalue weighted by molar-refractivity contribution is 7.89. The molecule has 3 N–H and O–H groups in total. The SMILES string of the molecule is NS(=O)(=O)c1cc(C=O)cc(NCc2cccs2)c1Oc1ccccc1. The Kier molecular flexibility index (Phi) is 5.36. The number of sulfonamides is 1. The standard InChI is InChI=1S/C18H16N2O4S2/c19-26(22,23)17-10-13(12-21)9-16(20-11-15-7-4-8-25-15)18(17)24-14-5-2-1-3-6-14/h1-10,12,20H,11H2,(H2,19,22,23). The number of aldehydes is 1. The van der Waals surface area contributed by atoms with E-state index in [4.69, 9.17) is 9.88 Å². The first-order valence-corrected chi connectivity index (χ1v) is 10.0. The molecule has 0 fully saturated rings. The number of thiophene rings is 1. The van der Waals surface area contributed by atoms with Crippen LogP contribution in [-0.4, -0.2) is 14.7 Å². The predicted octanol–water partition coefficient (Wildman–Crippen LogP) is 3.61. The summed E-state index contributed by atoms with van der Waals surface area (Å²) in [4.78, 5) is 12.0. The first-order chi connectivity index (χ1) is 12.5. The monoisotopic (exact) mass is 388 g/mol. The summed E-state index contributed by atoms with van der Waals surface area (Å²) in [6.07, 6.45) is 0.567. The minimum absolute atomic E-state index is 0.0563. The first kappa shape index (κ1) is 18.1. The summed E-state index contributed by atoms with van der Waals surface area (Å²) < 4.78 is 29.9. The summed E-state index contributed by atoms with van der Waals surface area (Å²) in [6.45, 7) is 0.454. The van der Waals surface area contributed by atoms with Gasteiger partial charge < -0.3 is 10.1 Å². The second kappa shape index (κ2) is 7.69. The van der Waals surface area contributed by atoms with Gasteiger partial charge in [-0.05, 0) is 35.7 Å². The molecule has 6 nitrogen and oxygen atoms in total. The van der Waals surface area contributed by atoms with Crippen LogP contribution in [0.2, 0.25) is 0 Å². The number of para-hydroxylation sites is 1. The lowest BCUT2D eigenvalue weighted by atomic mass is 10.2. The molecule has 1 heterocycles. The van der Waals surface area contributed by atoms with Gasteiger partial charge >= 0.3 is 0 Å². The Bertz CT molecular complexity index is 1000. The molecule has 3 aromatic rings. The average molecular weight is 388 g/mol. The Labute approximate surface area is 155 Å². The van der Waals surface area contributed by atoms with Gasteiger partial charge in [-0.25, -0.2) is 13.6 Å². The van der Waals surface area contributed by atoms with Crippen LogP contribution in [0.25, 0.3) is 0 Å². The summed E-state index contributed by atoms with van der Waals surface area (Å²) in [5.74, 6) is 0.510. The van der Waals surface area contributed by atoms with Crippen LogP contribution in [-0.2, 0) is 16.6 Å². The molecule has 0 saturated heterocycles. The third-order valence-electron chi connectivity index (χ3n) is 3.52. The zero-order valence-electron chi connectivity index (χ0n) is 13.6. The van der Waals surface area contributed by atoms with Crippen molar-refractivity contribution in [2.45, 2.75) is 11.4 Å². The summed E-state index contributed by atoms with van der Waals surface area (Å²) >= 11 is 1.56. The molecule has 0 bridgehead atoms. The van der Waals surface area contributed by atoms with Gasteiger partial charge in [-0.2, -0.15) is 0 Å². The number of ether oxygens (including phenoxy) is 1. The molecule has 0 spiro atoms. The zero-order chi connectivity index (χ0) is 18.6. The Balaban J connectivity index is 2.07. The van der Waals surface area contributed by atoms with Crippen LogP contribution in [0.3, 0.4) is 0 Å². The van der Waals surface area contributed by atoms with Crippen LogP contribution in [0.1, 0.15) is 15.2 Å². The molecule has 134 valence electrons. The van der Waals surface area contributed by atoms with Crippen molar-refractivity contribution in [3.8, 4) is 11.5 Å². The third kappa shape index (κ3) is 4.29. The summed E-state index contributed by atoms with van der Waals surface area (Å²) in [5, 5.41) is 10.4. The van der Waals surface area contributed by atoms with Crippen LogP contribution < -0.4 is 15.2 Å². The first-order valence-electron chi connectivity index (χ1n) is 7.62. The molecule has 0 saturated carbocycles. The van der Waals surface area contributed by atoms with E-state index in [1.807, 2.05) is 23.6 Å². The fraction of sp³-hybridized carbons (Fsp3) is 0.0556. The Morgan fingerprint density at radius 3 is 2.50 bits per heavy atom. The fourth-order valence-corrected chi connectivity index (χ4v) is 3.70. The van der Waals surface area contributed by atoms with Crippen molar-refractivity contribution in [2.75, 3.05) is 5.32 Å². The summed E-state index contributed by atoms with van der Waals surface area (Å²) in [5.41, 5.74) is 0.555. The van der Waals surface area contributed by atoms with E-state index in [-0.39, 0.29) is 16.2 Å². The lowest BCUT2D eigenvalue weighted by molar-refractivity contribution is 0.112. The summed E-state index contributed by atoms with van der Waals surface area (Å²) in [7, 11) is -4.10. The number of benzene rings is 2. The molecule has 3 rings (SSSR count). The Hall–Kier alpha value is -2.68. The quantitative estimate of drug-likeness (QED) is 0.603. The van der Waals surface area contributed by atoms with Crippen LogP contribution >= 0.6 is 11.3 Å². The Morgan fingerprint density at radius 2 is 1.88 bits per heavy atom. The van der Waals surface area contributed by atoms with E-state index >= 15 is 0 Å². The second-order valence-electron chi connectivity index (χ2n) is 5.41. The van der Waals surface area contributed by atoms with Crippen LogP contribution in [0.5, 0.6) is 11.5 Å². The number of carbonyl (C=O) groups is 1. The highest BCUT2D eigenvalue weighted by Gasteiger charge is 2.21. The van der Waals surface area contributed by atoms with E-state index in [9.17, 15) is 13.2 Å². The minimum Gasteiger partial charge on any atom is -0.454 e. The number of hydrogen-bond donors (Lipinski definition) is 2. The van der Waals surface area contributed by atoms with Crippen molar-refractivity contribution in [3.63, 3.8) is 0 Å². The number of anilines is 1.